The van der Waals surface area contributed by atoms with Gasteiger partial charge in [-0.1, -0.05) is 30.3 Å². The summed E-state index contributed by atoms with van der Waals surface area (Å²) in [5.41, 5.74) is 2.05. The van der Waals surface area contributed by atoms with Crippen LogP contribution in [0.3, 0.4) is 0 Å². The molecule has 0 spiro atoms. The predicted molar refractivity (Wildman–Crippen MR) is 108 cm³/mol. The van der Waals surface area contributed by atoms with E-state index in [1.165, 1.54) is 7.11 Å². The Morgan fingerprint density at radius 1 is 1.13 bits per heavy atom. The van der Waals surface area contributed by atoms with Crippen LogP contribution in [0, 0.1) is 17.8 Å². The molecule has 3 heterocycles. The van der Waals surface area contributed by atoms with Gasteiger partial charge in [0.25, 0.3) is 5.56 Å². The van der Waals surface area contributed by atoms with Gasteiger partial charge in [-0.25, -0.2) is 4.79 Å². The highest BCUT2D eigenvalue weighted by atomic mass is 16.5. The number of methoxy groups -OCH3 is 1. The van der Waals surface area contributed by atoms with Gasteiger partial charge in [-0.05, 0) is 30.5 Å². The molecule has 4 atom stereocenters. The van der Waals surface area contributed by atoms with Gasteiger partial charge < -0.3 is 19.3 Å². The van der Waals surface area contributed by atoms with Crippen molar-refractivity contribution < 1.29 is 19.4 Å². The van der Waals surface area contributed by atoms with Crippen molar-refractivity contribution in [3.05, 3.63) is 58.5 Å². The zero-order valence-corrected chi connectivity index (χ0v) is 16.7. The fourth-order valence-corrected chi connectivity index (χ4v) is 5.20. The summed E-state index contributed by atoms with van der Waals surface area (Å²) in [5.74, 6) is -1.35. The first-order chi connectivity index (χ1) is 14.6. The van der Waals surface area contributed by atoms with E-state index in [1.807, 2.05) is 36.4 Å². The van der Waals surface area contributed by atoms with Crippen LogP contribution in [0.2, 0.25) is 0 Å². The number of aromatic nitrogens is 1. The number of ether oxygens (including phenoxy) is 1. The van der Waals surface area contributed by atoms with Gasteiger partial charge in [0, 0.05) is 42.2 Å². The molecule has 1 aliphatic carbocycles. The van der Waals surface area contributed by atoms with Crippen molar-refractivity contribution in [2.45, 2.75) is 31.5 Å². The number of amides is 1. The van der Waals surface area contributed by atoms with E-state index in [1.54, 1.807) is 15.5 Å². The molecule has 1 aromatic heterocycles. The number of nitrogens with zero attached hydrogens (tertiary/aromatic N) is 2. The van der Waals surface area contributed by atoms with Gasteiger partial charge in [0.2, 0.25) is 5.91 Å². The number of hydrogen-bond acceptors (Lipinski definition) is 5. The average molecular weight is 408 g/mol. The molecule has 1 saturated carbocycles. The van der Waals surface area contributed by atoms with Gasteiger partial charge in [-0.2, -0.15) is 0 Å². The Labute approximate surface area is 173 Å². The van der Waals surface area contributed by atoms with E-state index < -0.39 is 24.0 Å². The quantitative estimate of drug-likeness (QED) is 0.776. The lowest BCUT2D eigenvalue weighted by atomic mass is 9.88. The van der Waals surface area contributed by atoms with Crippen LogP contribution in [0.5, 0.6) is 0 Å². The topological polar surface area (TPSA) is 88.8 Å². The molecular weight excluding hydrogens is 384 g/mol. The molecule has 0 radical (unpaired) electrons. The van der Waals surface area contributed by atoms with Crippen LogP contribution < -0.4 is 5.56 Å². The van der Waals surface area contributed by atoms with Crippen molar-refractivity contribution in [1.29, 1.82) is 0 Å². The molecule has 30 heavy (non-hydrogen) atoms. The summed E-state index contributed by atoms with van der Waals surface area (Å²) < 4.78 is 6.70. The van der Waals surface area contributed by atoms with Crippen molar-refractivity contribution in [3.63, 3.8) is 0 Å². The normalized spacial score (nSPS) is 26.9. The number of benzene rings is 1. The second kappa shape index (κ2) is 7.09. The van der Waals surface area contributed by atoms with Gasteiger partial charge in [0.05, 0.1) is 13.2 Å². The number of carbonyl (C=O) groups excluding carboxylic acids is 2. The minimum atomic E-state index is -0.819. The number of aliphatic hydroxyl groups excluding tert-OH is 1. The molecule has 2 fully saturated rings. The van der Waals surface area contributed by atoms with Crippen LogP contribution in [0.1, 0.15) is 24.6 Å². The smallest absolute Gasteiger partial charge is 0.328 e. The summed E-state index contributed by atoms with van der Waals surface area (Å²) in [6, 6.07) is 11.9. The monoisotopic (exact) mass is 408 g/mol. The number of esters is 1. The zero-order valence-electron chi connectivity index (χ0n) is 16.7. The van der Waals surface area contributed by atoms with Crippen molar-refractivity contribution in [2.24, 2.45) is 17.8 Å². The summed E-state index contributed by atoms with van der Waals surface area (Å²) >= 11 is 0. The molecule has 156 valence electrons. The summed E-state index contributed by atoms with van der Waals surface area (Å²) in [7, 11) is 1.30. The van der Waals surface area contributed by atoms with Gasteiger partial charge >= 0.3 is 5.97 Å². The molecule has 1 saturated heterocycles. The summed E-state index contributed by atoms with van der Waals surface area (Å²) in [4.78, 5) is 40.7. The molecule has 1 amide bonds. The zero-order chi connectivity index (χ0) is 21.0. The molecule has 7 heteroatoms. The lowest BCUT2D eigenvalue weighted by molar-refractivity contribution is -0.154. The summed E-state index contributed by atoms with van der Waals surface area (Å²) in [5, 5.41) is 10.1. The van der Waals surface area contributed by atoms with E-state index in [0.29, 0.717) is 12.1 Å². The van der Waals surface area contributed by atoms with Gasteiger partial charge in [0.1, 0.15) is 6.04 Å². The third kappa shape index (κ3) is 2.72. The molecule has 5 rings (SSSR count). The van der Waals surface area contributed by atoms with Crippen LogP contribution in [0.4, 0.5) is 0 Å². The van der Waals surface area contributed by atoms with Crippen molar-refractivity contribution in [1.82, 2.24) is 9.47 Å². The van der Waals surface area contributed by atoms with Crippen LogP contribution in [0.25, 0.3) is 11.1 Å². The van der Waals surface area contributed by atoms with Crippen LogP contribution in [0.15, 0.2) is 47.3 Å². The van der Waals surface area contributed by atoms with E-state index in [2.05, 4.69) is 0 Å². The molecule has 0 unspecified atom stereocenters. The molecule has 2 aliphatic heterocycles. The van der Waals surface area contributed by atoms with E-state index in [9.17, 15) is 19.5 Å². The maximum Gasteiger partial charge on any atom is 0.328 e. The minimum absolute atomic E-state index is 0.0793. The fraction of sp³-hybridized carbons (Fsp3) is 0.435. The van der Waals surface area contributed by atoms with Gasteiger partial charge in [-0.15, -0.1) is 0 Å². The second-order valence-electron chi connectivity index (χ2n) is 8.40. The number of likely N-dealkylation sites (tertiary alicyclic amines) is 1. The summed E-state index contributed by atoms with van der Waals surface area (Å²) in [6.07, 6.45) is 1.62. The molecule has 2 aromatic rings. The molecule has 1 N–H and O–H groups in total. The Kier molecular flexibility index (Phi) is 4.50. The number of carbonyl (C=O) groups is 2. The van der Waals surface area contributed by atoms with Gasteiger partial charge in [0.15, 0.2) is 0 Å². The molecule has 0 bridgehead atoms. The number of fused-ring (bicyclic) bond motifs is 3. The fourth-order valence-electron chi connectivity index (χ4n) is 5.20. The Balaban J connectivity index is 1.62. The maximum atomic E-state index is 13.3. The molecule has 1 aromatic carbocycles. The highest BCUT2D eigenvalue weighted by Gasteiger charge is 2.59. The summed E-state index contributed by atoms with van der Waals surface area (Å²) in [6.45, 7) is 0.121. The van der Waals surface area contributed by atoms with Crippen LogP contribution in [-0.4, -0.2) is 46.2 Å². The first-order valence-electron chi connectivity index (χ1n) is 10.4. The number of hydrogen-bond donors (Lipinski definition) is 1. The minimum Gasteiger partial charge on any atom is -0.467 e. The number of aliphatic hydroxyl groups is 1. The first-order valence-corrected chi connectivity index (χ1v) is 10.4. The van der Waals surface area contributed by atoms with Gasteiger partial charge in [-0.3, -0.25) is 9.59 Å². The van der Waals surface area contributed by atoms with Crippen LogP contribution >= 0.6 is 0 Å². The first kappa shape index (κ1) is 19.1. The van der Waals surface area contributed by atoms with Crippen molar-refractivity contribution >= 4 is 11.9 Å². The Bertz CT molecular complexity index is 1060. The maximum absolute atomic E-state index is 13.3. The lowest BCUT2D eigenvalue weighted by Crippen LogP contribution is -2.47. The largest absolute Gasteiger partial charge is 0.467 e. The standard InChI is InChI=1S/C23H24N2O5/c1-30-23(29)20-17(12-26)16-11-24-18(19(16)25(20)21(27)14-7-8-14)10-9-15(22(24)28)13-5-3-2-4-6-13/h2-6,9-10,14,16-17,19-20,26H,7-8,11-12H2,1H3/t16-,17-,19+,20-/m1/s1. The molecule has 7 nitrogen and oxygen atoms in total. The second-order valence-corrected chi connectivity index (χ2v) is 8.40. The van der Waals surface area contributed by atoms with E-state index in [0.717, 1.165) is 24.1 Å². The predicted octanol–water partition coefficient (Wildman–Crippen LogP) is 1.59. The third-order valence-corrected chi connectivity index (χ3v) is 6.78. The number of pyridine rings is 1. The van der Waals surface area contributed by atoms with E-state index in [-0.39, 0.29) is 29.9 Å². The van der Waals surface area contributed by atoms with E-state index in [4.69, 9.17) is 4.74 Å². The third-order valence-electron chi connectivity index (χ3n) is 6.78. The Morgan fingerprint density at radius 2 is 1.87 bits per heavy atom. The van der Waals surface area contributed by atoms with Crippen molar-refractivity contribution in [3.8, 4) is 11.1 Å². The molecular formula is C23H24N2O5. The lowest BCUT2D eigenvalue weighted by Gasteiger charge is -2.30. The average Bonchev–Trinajstić information content (AvgIpc) is 3.48. The SMILES string of the molecule is COC(=O)[C@H]1[C@H](CO)[C@H]2Cn3c(ccc(-c4ccccc4)c3=O)[C@H]2N1C(=O)C1CC1. The highest BCUT2D eigenvalue weighted by Crippen LogP contribution is 2.51. The number of rotatable bonds is 4. The van der Waals surface area contributed by atoms with Crippen molar-refractivity contribution in [2.75, 3.05) is 13.7 Å². The Hall–Kier alpha value is -2.93. The molecule has 3 aliphatic rings. The van der Waals surface area contributed by atoms with Crippen LogP contribution in [-0.2, 0) is 20.9 Å². The van der Waals surface area contributed by atoms with E-state index >= 15 is 0 Å². The highest BCUT2D eigenvalue weighted by molar-refractivity contribution is 5.88. The Morgan fingerprint density at radius 3 is 2.50 bits per heavy atom.